The highest BCUT2D eigenvalue weighted by Gasteiger charge is 2.26. The van der Waals surface area contributed by atoms with Gasteiger partial charge in [-0.25, -0.2) is 0 Å². The Balaban J connectivity index is 4.09. The highest BCUT2D eigenvalue weighted by molar-refractivity contribution is 7.58. The molecule has 0 rings (SSSR count). The summed E-state index contributed by atoms with van der Waals surface area (Å²) in [7, 11) is 15.4. The lowest BCUT2D eigenvalue weighted by molar-refractivity contribution is 1.82. The molecule has 0 aromatic heterocycles. The normalized spacial score (nSPS) is 9.18. The summed E-state index contributed by atoms with van der Waals surface area (Å²) in [6, 6.07) is 0. The maximum absolute atomic E-state index is 2.38. The Morgan fingerprint density at radius 2 is 1.27 bits per heavy atom. The van der Waals surface area contributed by atoms with E-state index in [2.05, 4.69) is 46.4 Å². The third kappa shape index (κ3) is 3.71. The second-order valence-electron chi connectivity index (χ2n) is 4.45. The van der Waals surface area contributed by atoms with Gasteiger partial charge in [-0.15, -0.1) is 5.62 Å². The van der Waals surface area contributed by atoms with Gasteiger partial charge < -0.3 is 0 Å². The Bertz CT molecular complexity index is 89.0. The van der Waals surface area contributed by atoms with Crippen molar-refractivity contribution in [1.29, 1.82) is 0 Å². The van der Waals surface area contributed by atoms with Gasteiger partial charge in [0.1, 0.15) is 0 Å². The molecule has 0 radical (unpaired) electrons. The maximum atomic E-state index is 2.38. The van der Waals surface area contributed by atoms with Crippen molar-refractivity contribution in [2.24, 2.45) is 0 Å². The van der Waals surface area contributed by atoms with E-state index in [1.54, 1.807) is 0 Å². The van der Waals surface area contributed by atoms with Gasteiger partial charge in [0, 0.05) is 26.5 Å². The largest absolute Gasteiger partial charge is 0.142 e. The molecule has 0 aromatic rings. The van der Waals surface area contributed by atoms with Crippen molar-refractivity contribution in [2.75, 3.05) is 0 Å². The monoisotopic (exact) mass is 136 g/mol. The molecule has 0 saturated carbocycles. The van der Waals surface area contributed by atoms with Crippen molar-refractivity contribution < 1.29 is 0 Å². The summed E-state index contributed by atoms with van der Waals surface area (Å²) in [5, 5.41) is 0. The quantitative estimate of drug-likeness (QED) is 0.335. The first-order valence-electron chi connectivity index (χ1n) is 5.00. The van der Waals surface area contributed by atoms with Crippen LogP contribution in [0.25, 0.3) is 0 Å². The van der Waals surface area contributed by atoms with E-state index in [0.717, 1.165) is 25.1 Å². The Hall–Kier alpha value is 0.649. The van der Waals surface area contributed by atoms with E-state index < -0.39 is 0 Å². The van der Waals surface area contributed by atoms with Crippen LogP contribution in [0, 0.1) is 0 Å². The molecule has 0 bridgehead atoms. The second-order valence-corrected chi connectivity index (χ2v) is 4.45. The van der Waals surface area contributed by atoms with Gasteiger partial charge in [0.25, 0.3) is 0 Å². The molecule has 0 saturated heterocycles. The van der Waals surface area contributed by atoms with Crippen molar-refractivity contribution in [3.63, 3.8) is 0 Å². The molecule has 0 nitrogen and oxygen atoms in total. The van der Waals surface area contributed by atoms with Gasteiger partial charge in [-0.1, -0.05) is 0 Å². The first-order valence-corrected chi connectivity index (χ1v) is 5.00. The molecule has 0 aliphatic rings. The minimum atomic E-state index is 0.838. The summed E-state index contributed by atoms with van der Waals surface area (Å²) in [4.78, 5) is 0. The molecule has 10 heteroatoms. The van der Waals surface area contributed by atoms with Crippen LogP contribution in [0.5, 0.6) is 0 Å². The smallest absolute Gasteiger partial charge is 0.0631 e. The van der Waals surface area contributed by atoms with Crippen molar-refractivity contribution in [3.05, 3.63) is 0 Å². The third-order valence-electron chi connectivity index (χ3n) is 2.84. The van der Waals surface area contributed by atoms with Crippen LogP contribution in [0.4, 0.5) is 0 Å². The fraction of sp³-hybridized carbons (Fsp3) is 1.00. The lowest BCUT2D eigenvalue weighted by Crippen LogP contribution is -2.49. The Kier molecular flexibility index (Phi) is 5.64. The highest BCUT2D eigenvalue weighted by atomic mass is 13.5. The summed E-state index contributed by atoms with van der Waals surface area (Å²) >= 11 is 0. The SMILES string of the molecule is BBB(B)C(B(B)B)B(B)B. The summed E-state index contributed by atoms with van der Waals surface area (Å²) in [6.45, 7) is 2.56. The first-order chi connectivity index (χ1) is 5.00. The average Bonchev–Trinajstić information content (AvgIpc) is 1.85. The van der Waals surface area contributed by atoms with Gasteiger partial charge in [-0.2, -0.15) is 0 Å². The van der Waals surface area contributed by atoms with Gasteiger partial charge in [0.05, 0.1) is 46.4 Å². The average molecular weight is 134 g/mol. The van der Waals surface area contributed by atoms with Crippen LogP contribution in [0.2, 0.25) is 5.62 Å². The van der Waals surface area contributed by atoms with Gasteiger partial charge in [-0.3, -0.25) is 0 Å². The third-order valence-corrected chi connectivity index (χ3v) is 2.84. The highest BCUT2D eigenvalue weighted by Crippen LogP contribution is 2.08. The fourth-order valence-electron chi connectivity index (χ4n) is 2.36. The van der Waals surface area contributed by atoms with Crippen LogP contribution in [-0.2, 0) is 0 Å². The van der Waals surface area contributed by atoms with E-state index >= 15 is 0 Å². The van der Waals surface area contributed by atoms with E-state index in [0.29, 0.717) is 0 Å². The van der Waals surface area contributed by atoms with Crippen LogP contribution >= 0.6 is 0 Å². The Labute approximate surface area is 79.0 Å². The number of hydrogen-bond donors (Lipinski definition) is 0. The zero-order valence-electron chi connectivity index (χ0n) is 9.02. The van der Waals surface area contributed by atoms with Gasteiger partial charge in [0.2, 0.25) is 0 Å². The zero-order chi connectivity index (χ0) is 9.02. The Morgan fingerprint density at radius 1 is 0.909 bits per heavy atom. The van der Waals surface area contributed by atoms with Gasteiger partial charge in [-0.05, 0) is 0 Å². The molecular formula is CH14B10. The van der Waals surface area contributed by atoms with Gasteiger partial charge >= 0.3 is 0 Å². The van der Waals surface area contributed by atoms with Crippen LogP contribution in [0.15, 0.2) is 0 Å². The standard InChI is InChI=1S/CH14B10/c2-8-11(7)1(9(3)4)10(5)6/h1,8H,2-7H2. The second kappa shape index (κ2) is 5.32. The first kappa shape index (κ1) is 11.6. The Morgan fingerprint density at radius 3 is 1.36 bits per heavy atom. The molecular weight excluding hydrogens is 120 g/mol. The van der Waals surface area contributed by atoms with Crippen molar-refractivity contribution in [1.82, 2.24) is 0 Å². The van der Waals surface area contributed by atoms with Crippen molar-refractivity contribution in [2.45, 2.75) is 5.62 Å². The molecule has 0 aliphatic heterocycles. The molecule has 0 aliphatic carbocycles. The maximum Gasteiger partial charge on any atom is 0.0631 e. The zero-order valence-corrected chi connectivity index (χ0v) is 9.02. The molecule has 0 heterocycles. The van der Waals surface area contributed by atoms with Crippen LogP contribution < -0.4 is 0 Å². The van der Waals surface area contributed by atoms with Crippen molar-refractivity contribution in [3.8, 4) is 0 Å². The predicted molar refractivity (Wildman–Crippen MR) is 79.4 cm³/mol. The summed E-state index contributed by atoms with van der Waals surface area (Å²) in [6.07, 6.45) is 0. The lowest BCUT2D eigenvalue weighted by atomic mass is 8.81. The van der Waals surface area contributed by atoms with E-state index in [1.165, 1.54) is 7.06 Å². The molecule has 11 heavy (non-hydrogen) atoms. The van der Waals surface area contributed by atoms with Crippen LogP contribution in [0.3, 0.4) is 0 Å². The predicted octanol–water partition coefficient (Wildman–Crippen LogP) is -6.95. The summed E-state index contributed by atoms with van der Waals surface area (Å²) < 4.78 is 0. The number of hydrogen-bond acceptors (Lipinski definition) is 0. The molecule has 48 valence electrons. The number of rotatable bonds is 4. The lowest BCUT2D eigenvalue weighted by Gasteiger charge is -2.26. The van der Waals surface area contributed by atoms with Crippen LogP contribution in [0.1, 0.15) is 0 Å². The van der Waals surface area contributed by atoms with Crippen molar-refractivity contribution >= 4 is 73.0 Å². The molecule has 0 N–H and O–H groups in total. The fourth-order valence-corrected chi connectivity index (χ4v) is 2.36. The van der Waals surface area contributed by atoms with E-state index in [1.807, 2.05) is 0 Å². The molecule has 0 atom stereocenters. The molecule has 0 spiro atoms. The molecule has 0 fully saturated rings. The molecule has 0 unspecified atom stereocenters. The van der Waals surface area contributed by atoms with Crippen LogP contribution in [-0.4, -0.2) is 73.0 Å². The van der Waals surface area contributed by atoms with E-state index in [9.17, 15) is 0 Å². The molecule has 0 aromatic carbocycles. The molecule has 0 amide bonds. The minimum absolute atomic E-state index is 0.838. The topological polar surface area (TPSA) is 0 Å². The summed E-state index contributed by atoms with van der Waals surface area (Å²) in [5.74, 6) is 0. The summed E-state index contributed by atoms with van der Waals surface area (Å²) in [5.41, 5.74) is 0.903. The minimum Gasteiger partial charge on any atom is -0.142 e. The van der Waals surface area contributed by atoms with E-state index in [-0.39, 0.29) is 0 Å². The van der Waals surface area contributed by atoms with E-state index in [4.69, 9.17) is 0 Å². The van der Waals surface area contributed by atoms with Gasteiger partial charge in [0.15, 0.2) is 0 Å².